The van der Waals surface area contributed by atoms with Gasteiger partial charge in [-0.3, -0.25) is 4.79 Å². The quantitative estimate of drug-likeness (QED) is 0.574. The summed E-state index contributed by atoms with van der Waals surface area (Å²) in [5.41, 5.74) is 1.01. The van der Waals surface area contributed by atoms with Crippen molar-refractivity contribution in [3.05, 3.63) is 41.2 Å². The van der Waals surface area contributed by atoms with Gasteiger partial charge in [0.2, 0.25) is 0 Å². The molecule has 1 saturated heterocycles. The number of rotatable bonds is 3. The number of halogens is 6. The van der Waals surface area contributed by atoms with Crippen LogP contribution in [0.5, 0.6) is 0 Å². The average molecular weight is 422 g/mol. The van der Waals surface area contributed by atoms with E-state index in [4.69, 9.17) is 10.8 Å². The lowest BCUT2D eigenvalue weighted by Crippen LogP contribution is -2.40. The fraction of sp³-hybridized carbons (Fsp3) is 0.444. The van der Waals surface area contributed by atoms with E-state index in [0.717, 1.165) is 11.0 Å². The Labute approximate surface area is 160 Å². The molecular formula is C18H16F6N2O3. The topological polar surface area (TPSA) is 83.6 Å². The summed E-state index contributed by atoms with van der Waals surface area (Å²) in [4.78, 5) is 24.3. The standard InChI is InChI=1S/C18H16F6N2O3/c19-9-1-2-10(11(7-9)18(22,23)24)12(25)8-13(27)14-16(17(14,20)21)3-5-26(6-4-16)15(28)29/h1-2,7-8,14H,3-6,25H2,(H,28,29)/b12-8+. The summed E-state index contributed by atoms with van der Waals surface area (Å²) < 4.78 is 81.3. The fourth-order valence-corrected chi connectivity index (χ4v) is 4.00. The van der Waals surface area contributed by atoms with E-state index < -0.39 is 57.9 Å². The molecule has 1 heterocycles. The molecule has 0 bridgehead atoms. The molecule has 29 heavy (non-hydrogen) atoms. The number of carbonyl (C=O) groups excluding carboxylic acids is 1. The zero-order chi connectivity index (χ0) is 21.8. The Hall–Kier alpha value is -2.72. The van der Waals surface area contributed by atoms with Crippen molar-refractivity contribution in [3.63, 3.8) is 0 Å². The highest BCUT2D eigenvalue weighted by Crippen LogP contribution is 2.71. The molecule has 2 fully saturated rings. The first kappa shape index (κ1) is 21.0. The van der Waals surface area contributed by atoms with Crippen LogP contribution in [0.2, 0.25) is 0 Å². The first-order valence-electron chi connectivity index (χ1n) is 8.55. The largest absolute Gasteiger partial charge is 0.465 e. The highest BCUT2D eigenvalue weighted by molar-refractivity contribution is 6.01. The van der Waals surface area contributed by atoms with Gasteiger partial charge < -0.3 is 15.7 Å². The second-order valence-electron chi connectivity index (χ2n) is 7.17. The Bertz CT molecular complexity index is 888. The molecule has 3 N–H and O–H groups in total. The maximum Gasteiger partial charge on any atom is 0.417 e. The molecule has 5 nitrogen and oxygen atoms in total. The minimum atomic E-state index is -4.96. The van der Waals surface area contributed by atoms with Gasteiger partial charge in [0.1, 0.15) is 5.82 Å². The predicted molar refractivity (Wildman–Crippen MR) is 88.3 cm³/mol. The number of likely N-dealkylation sites (tertiary alicyclic amines) is 1. The van der Waals surface area contributed by atoms with Crippen LogP contribution < -0.4 is 5.73 Å². The molecule has 1 spiro atoms. The van der Waals surface area contributed by atoms with Gasteiger partial charge in [0.25, 0.3) is 5.92 Å². The third kappa shape index (κ3) is 3.42. The first-order chi connectivity index (χ1) is 13.3. The Morgan fingerprint density at radius 2 is 1.79 bits per heavy atom. The number of allylic oxidation sites excluding steroid dienone is 1. The Morgan fingerprint density at radius 3 is 2.31 bits per heavy atom. The second kappa shape index (κ2) is 6.67. The van der Waals surface area contributed by atoms with Crippen LogP contribution in [-0.2, 0) is 11.0 Å². The normalized spacial score (nSPS) is 23.2. The van der Waals surface area contributed by atoms with Crippen LogP contribution in [0.15, 0.2) is 24.3 Å². The van der Waals surface area contributed by atoms with Crippen LogP contribution in [0.3, 0.4) is 0 Å². The molecule has 1 aromatic carbocycles. The summed E-state index contributed by atoms with van der Waals surface area (Å²) in [7, 11) is 0. The molecule has 1 amide bonds. The van der Waals surface area contributed by atoms with Gasteiger partial charge >= 0.3 is 12.3 Å². The molecule has 1 unspecified atom stereocenters. The third-order valence-corrected chi connectivity index (χ3v) is 5.60. The number of hydrogen-bond donors (Lipinski definition) is 2. The van der Waals surface area contributed by atoms with Crippen LogP contribution in [0.4, 0.5) is 31.1 Å². The molecule has 1 aliphatic heterocycles. The first-order valence-corrected chi connectivity index (χ1v) is 8.55. The molecule has 0 radical (unpaired) electrons. The molecule has 2 aliphatic rings. The maximum absolute atomic E-state index is 14.4. The zero-order valence-electron chi connectivity index (χ0n) is 14.8. The van der Waals surface area contributed by atoms with E-state index in [2.05, 4.69) is 0 Å². The van der Waals surface area contributed by atoms with Crippen LogP contribution in [0.1, 0.15) is 24.0 Å². The minimum Gasteiger partial charge on any atom is -0.465 e. The summed E-state index contributed by atoms with van der Waals surface area (Å²) in [6.45, 7) is -0.353. The van der Waals surface area contributed by atoms with Gasteiger partial charge in [-0.2, -0.15) is 13.2 Å². The van der Waals surface area contributed by atoms with Crippen molar-refractivity contribution >= 4 is 17.6 Å². The monoisotopic (exact) mass is 422 g/mol. The molecular weight excluding hydrogens is 406 g/mol. The van der Waals surface area contributed by atoms with Crippen molar-refractivity contribution in [1.82, 2.24) is 4.90 Å². The SMILES string of the molecule is N/C(=C/C(=O)C1C(F)(F)C12CCN(C(=O)O)CC2)c1ccc(F)cc1C(F)(F)F. The number of piperidine rings is 1. The number of nitrogens with zero attached hydrogens (tertiary/aromatic N) is 1. The Balaban J connectivity index is 1.85. The Morgan fingerprint density at radius 1 is 1.21 bits per heavy atom. The van der Waals surface area contributed by atoms with E-state index in [-0.39, 0.29) is 32.0 Å². The van der Waals surface area contributed by atoms with E-state index in [1.807, 2.05) is 0 Å². The van der Waals surface area contributed by atoms with Gasteiger partial charge in [-0.1, -0.05) is 0 Å². The van der Waals surface area contributed by atoms with Crippen molar-refractivity contribution in [2.45, 2.75) is 24.9 Å². The Kier molecular flexibility index (Phi) is 4.83. The molecule has 1 saturated carbocycles. The number of benzene rings is 1. The van der Waals surface area contributed by atoms with E-state index in [1.54, 1.807) is 0 Å². The summed E-state index contributed by atoms with van der Waals surface area (Å²) in [6.07, 6.45) is -6.21. The van der Waals surface area contributed by atoms with Crippen molar-refractivity contribution in [2.75, 3.05) is 13.1 Å². The molecule has 3 rings (SSSR count). The molecule has 1 aliphatic carbocycles. The number of nitrogens with two attached hydrogens (primary N) is 1. The lowest BCUT2D eigenvalue weighted by molar-refractivity contribution is -0.138. The number of hydrogen-bond acceptors (Lipinski definition) is 3. The highest BCUT2D eigenvalue weighted by atomic mass is 19.4. The van der Waals surface area contributed by atoms with Crippen molar-refractivity contribution < 1.29 is 41.0 Å². The molecule has 1 atom stereocenters. The molecule has 11 heteroatoms. The highest BCUT2D eigenvalue weighted by Gasteiger charge is 2.82. The van der Waals surface area contributed by atoms with Crippen LogP contribution >= 0.6 is 0 Å². The number of alkyl halides is 5. The second-order valence-corrected chi connectivity index (χ2v) is 7.17. The summed E-state index contributed by atoms with van der Waals surface area (Å²) in [6, 6.07) is 1.64. The lowest BCUT2D eigenvalue weighted by atomic mass is 9.89. The summed E-state index contributed by atoms with van der Waals surface area (Å²) >= 11 is 0. The van der Waals surface area contributed by atoms with E-state index in [9.17, 15) is 35.9 Å². The molecule has 0 aromatic heterocycles. The van der Waals surface area contributed by atoms with E-state index in [0.29, 0.717) is 12.1 Å². The smallest absolute Gasteiger partial charge is 0.417 e. The van der Waals surface area contributed by atoms with Gasteiger partial charge in [-0.05, 0) is 31.0 Å². The maximum atomic E-state index is 14.4. The zero-order valence-corrected chi connectivity index (χ0v) is 14.8. The molecule has 158 valence electrons. The number of ketones is 1. The van der Waals surface area contributed by atoms with Gasteiger partial charge in [0.05, 0.1) is 16.9 Å². The number of amides is 1. The summed E-state index contributed by atoms with van der Waals surface area (Å²) in [5, 5.41) is 8.92. The van der Waals surface area contributed by atoms with Gasteiger partial charge in [-0.15, -0.1) is 0 Å². The minimum absolute atomic E-state index is 0.177. The third-order valence-electron chi connectivity index (χ3n) is 5.60. The fourth-order valence-electron chi connectivity index (χ4n) is 4.00. The number of carboxylic acid groups (broad SMARTS) is 1. The van der Waals surface area contributed by atoms with Crippen LogP contribution in [-0.4, -0.2) is 40.9 Å². The van der Waals surface area contributed by atoms with Crippen LogP contribution in [0.25, 0.3) is 5.70 Å². The van der Waals surface area contributed by atoms with Gasteiger partial charge in [0.15, 0.2) is 5.78 Å². The van der Waals surface area contributed by atoms with Crippen molar-refractivity contribution in [3.8, 4) is 0 Å². The van der Waals surface area contributed by atoms with E-state index >= 15 is 0 Å². The van der Waals surface area contributed by atoms with Gasteiger partial charge in [0, 0.05) is 30.4 Å². The predicted octanol–water partition coefficient (Wildman–Crippen LogP) is 3.74. The van der Waals surface area contributed by atoms with Gasteiger partial charge in [-0.25, -0.2) is 18.0 Å². The molecule has 1 aromatic rings. The lowest BCUT2D eigenvalue weighted by Gasteiger charge is -2.30. The average Bonchev–Trinajstić information content (AvgIpc) is 3.07. The van der Waals surface area contributed by atoms with Crippen LogP contribution in [0, 0.1) is 17.2 Å². The number of carbonyl (C=O) groups is 2. The summed E-state index contributed by atoms with van der Waals surface area (Å²) in [5.74, 6) is -7.52. The van der Waals surface area contributed by atoms with Crippen molar-refractivity contribution in [1.29, 1.82) is 0 Å². The van der Waals surface area contributed by atoms with Crippen molar-refractivity contribution in [2.24, 2.45) is 17.1 Å². The van der Waals surface area contributed by atoms with E-state index in [1.165, 1.54) is 0 Å².